The van der Waals surface area contributed by atoms with E-state index in [1.165, 1.54) is 12.0 Å². The zero-order valence-electron chi connectivity index (χ0n) is 14.8. The van der Waals surface area contributed by atoms with Gasteiger partial charge in [-0.3, -0.25) is 19.7 Å². The molecule has 2 aromatic rings. The van der Waals surface area contributed by atoms with Gasteiger partial charge in [0.15, 0.2) is 0 Å². The van der Waals surface area contributed by atoms with Gasteiger partial charge in [0.1, 0.15) is 0 Å². The molecule has 6 heteroatoms. The van der Waals surface area contributed by atoms with E-state index in [2.05, 4.69) is 32.8 Å². The average molecular weight is 356 g/mol. The summed E-state index contributed by atoms with van der Waals surface area (Å²) in [7, 11) is 0. The van der Waals surface area contributed by atoms with Crippen LogP contribution in [0, 0.1) is 6.92 Å². The number of piperidine rings is 2. The third-order valence-corrected chi connectivity index (χ3v) is 6.51. The van der Waals surface area contributed by atoms with Gasteiger partial charge in [-0.15, -0.1) is 11.3 Å². The number of hydrogen-bond acceptors (Lipinski definition) is 5. The van der Waals surface area contributed by atoms with E-state index in [0.717, 1.165) is 48.7 Å². The highest BCUT2D eigenvalue weighted by molar-refractivity contribution is 7.12. The van der Waals surface area contributed by atoms with Crippen LogP contribution in [-0.2, 0) is 13.0 Å². The van der Waals surface area contributed by atoms with Gasteiger partial charge in [-0.25, -0.2) is 0 Å². The zero-order chi connectivity index (χ0) is 17.4. The molecule has 5 rings (SSSR count). The molecule has 0 spiro atoms. The Labute approximate surface area is 152 Å². The minimum absolute atomic E-state index is 0.233. The van der Waals surface area contributed by atoms with Crippen molar-refractivity contribution >= 4 is 17.2 Å². The number of nitrogens with zero attached hydrogens (tertiary/aromatic N) is 4. The molecule has 0 aromatic carbocycles. The van der Waals surface area contributed by atoms with Gasteiger partial charge in [0.25, 0.3) is 5.91 Å². The van der Waals surface area contributed by atoms with E-state index in [1.807, 2.05) is 12.3 Å². The highest BCUT2D eigenvalue weighted by atomic mass is 32.1. The Kier molecular flexibility index (Phi) is 4.56. The molecular weight excluding hydrogens is 332 g/mol. The number of carbonyl (C=O) groups excluding carboxylic acids is 1. The molecule has 0 radical (unpaired) electrons. The molecule has 0 saturated carbocycles. The van der Waals surface area contributed by atoms with Crippen molar-refractivity contribution in [3.05, 3.63) is 45.7 Å². The summed E-state index contributed by atoms with van der Waals surface area (Å²) in [6, 6.07) is 2.84. The number of thiophene rings is 1. The summed E-state index contributed by atoms with van der Waals surface area (Å²) in [5, 5.41) is 2.04. The number of hydrogen-bond donors (Lipinski definition) is 0. The van der Waals surface area contributed by atoms with Gasteiger partial charge < -0.3 is 4.90 Å². The largest absolute Gasteiger partial charge is 0.332 e. The highest BCUT2D eigenvalue weighted by Gasteiger charge is 2.41. The Morgan fingerprint density at radius 2 is 2.04 bits per heavy atom. The van der Waals surface area contributed by atoms with Crippen molar-refractivity contribution < 1.29 is 4.79 Å². The van der Waals surface area contributed by atoms with Crippen molar-refractivity contribution in [1.29, 1.82) is 0 Å². The summed E-state index contributed by atoms with van der Waals surface area (Å²) in [5.74, 6) is 0.233. The molecule has 3 fully saturated rings. The molecule has 1 amide bonds. The first-order valence-electron chi connectivity index (χ1n) is 9.05. The van der Waals surface area contributed by atoms with Crippen LogP contribution in [0.3, 0.4) is 0 Å². The topological polar surface area (TPSA) is 49.3 Å². The molecule has 5 heterocycles. The van der Waals surface area contributed by atoms with E-state index >= 15 is 0 Å². The van der Waals surface area contributed by atoms with Crippen LogP contribution >= 0.6 is 11.3 Å². The van der Waals surface area contributed by atoms with Crippen molar-refractivity contribution in [2.45, 2.75) is 51.7 Å². The van der Waals surface area contributed by atoms with E-state index in [-0.39, 0.29) is 5.91 Å². The predicted octanol–water partition coefficient (Wildman–Crippen LogP) is 2.90. The van der Waals surface area contributed by atoms with Crippen molar-refractivity contribution in [2.75, 3.05) is 13.1 Å². The third-order valence-electron chi connectivity index (χ3n) is 5.56. The first-order valence-corrected chi connectivity index (χ1v) is 9.93. The lowest BCUT2D eigenvalue weighted by atomic mass is 9.90. The average Bonchev–Trinajstić information content (AvgIpc) is 3.12. The smallest absolute Gasteiger partial charge is 0.264 e. The van der Waals surface area contributed by atoms with Crippen LogP contribution in [0.2, 0.25) is 0 Å². The van der Waals surface area contributed by atoms with Crippen LogP contribution in [0.25, 0.3) is 0 Å². The molecule has 0 N–H and O–H groups in total. The molecular formula is C19H24N4OS. The standard InChI is InChI=1S/C19H24N4OS/c1-3-14-6-9-25-18(14)19(24)23-11-15-4-5-16(23)10-22(15)12-17-13(2)20-7-8-21-17/h6-9,15-16H,3-5,10-12H2,1-2H3. The number of aromatic nitrogens is 2. The summed E-state index contributed by atoms with van der Waals surface area (Å²) >= 11 is 1.59. The fourth-order valence-corrected chi connectivity index (χ4v) is 5.02. The quantitative estimate of drug-likeness (QED) is 0.845. The SMILES string of the molecule is CCc1ccsc1C(=O)N1CC2CCC1CN2Cc1nccnc1C. The Balaban J connectivity index is 1.49. The summed E-state index contributed by atoms with van der Waals surface area (Å²) in [6.45, 7) is 6.75. The van der Waals surface area contributed by atoms with Crippen LogP contribution in [-0.4, -0.2) is 50.8 Å². The van der Waals surface area contributed by atoms with Gasteiger partial charge in [0.2, 0.25) is 0 Å². The molecule has 2 bridgehead atoms. The van der Waals surface area contributed by atoms with Crippen LogP contribution in [0.1, 0.15) is 46.4 Å². The zero-order valence-corrected chi connectivity index (χ0v) is 15.6. The van der Waals surface area contributed by atoms with Crippen molar-refractivity contribution in [1.82, 2.24) is 19.8 Å². The van der Waals surface area contributed by atoms with E-state index in [4.69, 9.17) is 0 Å². The Morgan fingerprint density at radius 1 is 1.24 bits per heavy atom. The van der Waals surface area contributed by atoms with Crippen LogP contribution < -0.4 is 0 Å². The minimum Gasteiger partial charge on any atom is -0.332 e. The fourth-order valence-electron chi connectivity index (χ4n) is 4.07. The lowest BCUT2D eigenvalue weighted by Gasteiger charge is -2.51. The first kappa shape index (κ1) is 16.7. The van der Waals surface area contributed by atoms with E-state index in [9.17, 15) is 4.79 Å². The number of fused-ring (bicyclic) bond motifs is 3. The first-order chi connectivity index (χ1) is 12.2. The normalized spacial score (nSPS) is 23.2. The predicted molar refractivity (Wildman–Crippen MR) is 98.7 cm³/mol. The molecule has 3 saturated heterocycles. The number of piperazine rings is 1. The number of rotatable bonds is 4. The molecule has 25 heavy (non-hydrogen) atoms. The number of carbonyl (C=O) groups is 1. The lowest BCUT2D eigenvalue weighted by Crippen LogP contribution is -2.63. The molecule has 3 aliphatic rings. The molecule has 2 unspecified atom stereocenters. The molecule has 3 aliphatic heterocycles. The summed E-state index contributed by atoms with van der Waals surface area (Å²) in [4.78, 5) is 27.4. The molecule has 132 valence electrons. The van der Waals surface area contributed by atoms with Gasteiger partial charge in [0.05, 0.1) is 16.3 Å². The number of aryl methyl sites for hydroxylation is 2. The fraction of sp³-hybridized carbons (Fsp3) is 0.526. The molecule has 0 aliphatic carbocycles. The number of amides is 1. The summed E-state index contributed by atoms with van der Waals surface area (Å²) in [5.41, 5.74) is 3.24. The van der Waals surface area contributed by atoms with Gasteiger partial charge >= 0.3 is 0 Å². The Bertz CT molecular complexity index is 774. The van der Waals surface area contributed by atoms with Crippen molar-refractivity contribution in [3.63, 3.8) is 0 Å². The Hall–Kier alpha value is -1.79. The maximum atomic E-state index is 13.0. The maximum absolute atomic E-state index is 13.0. The highest BCUT2D eigenvalue weighted by Crippen LogP contribution is 2.32. The van der Waals surface area contributed by atoms with Crippen LogP contribution in [0.5, 0.6) is 0 Å². The Morgan fingerprint density at radius 3 is 2.76 bits per heavy atom. The minimum atomic E-state index is 0.233. The van der Waals surface area contributed by atoms with Crippen molar-refractivity contribution in [2.24, 2.45) is 0 Å². The second kappa shape index (κ2) is 6.84. The van der Waals surface area contributed by atoms with Gasteiger partial charge in [-0.2, -0.15) is 0 Å². The summed E-state index contributed by atoms with van der Waals surface area (Å²) in [6.07, 6.45) is 6.71. The molecule has 2 aromatic heterocycles. The van der Waals surface area contributed by atoms with E-state index < -0.39 is 0 Å². The van der Waals surface area contributed by atoms with E-state index in [1.54, 1.807) is 23.7 Å². The second-order valence-corrected chi connectivity index (χ2v) is 7.91. The monoisotopic (exact) mass is 356 g/mol. The second-order valence-electron chi connectivity index (χ2n) is 6.99. The van der Waals surface area contributed by atoms with Gasteiger partial charge in [-0.1, -0.05) is 6.92 Å². The van der Waals surface area contributed by atoms with Gasteiger partial charge in [0, 0.05) is 44.1 Å². The maximum Gasteiger partial charge on any atom is 0.264 e. The van der Waals surface area contributed by atoms with Crippen LogP contribution in [0.15, 0.2) is 23.8 Å². The van der Waals surface area contributed by atoms with Crippen molar-refractivity contribution in [3.8, 4) is 0 Å². The van der Waals surface area contributed by atoms with Crippen LogP contribution in [0.4, 0.5) is 0 Å². The lowest BCUT2D eigenvalue weighted by molar-refractivity contribution is -0.0158. The molecule has 2 atom stereocenters. The van der Waals surface area contributed by atoms with Gasteiger partial charge in [-0.05, 0) is 43.2 Å². The third kappa shape index (κ3) is 3.09. The van der Waals surface area contributed by atoms with E-state index in [0.29, 0.717) is 12.1 Å². The molecule has 5 nitrogen and oxygen atoms in total. The summed E-state index contributed by atoms with van der Waals surface area (Å²) < 4.78 is 0.